The summed E-state index contributed by atoms with van der Waals surface area (Å²) in [6.07, 6.45) is 8.83. The van der Waals surface area contributed by atoms with Crippen LogP contribution in [0.4, 0.5) is 4.39 Å². The van der Waals surface area contributed by atoms with E-state index in [1.807, 2.05) is 0 Å². The molecule has 1 aliphatic rings. The number of nitrogens with two attached hydrogens (primary N) is 1. The predicted octanol–water partition coefficient (Wildman–Crippen LogP) is 2.31. The number of hydrazine groups is 1. The van der Waals surface area contributed by atoms with Crippen molar-refractivity contribution in [3.63, 3.8) is 0 Å². The van der Waals surface area contributed by atoms with Gasteiger partial charge in [-0.2, -0.15) is 0 Å². The van der Waals surface area contributed by atoms with E-state index in [2.05, 4.69) is 10.4 Å². The fourth-order valence-corrected chi connectivity index (χ4v) is 2.53. The maximum atomic E-state index is 13.5. The van der Waals surface area contributed by atoms with Crippen molar-refractivity contribution in [2.75, 3.05) is 0 Å². The molecule has 0 aromatic carbocycles. The van der Waals surface area contributed by atoms with E-state index in [0.29, 0.717) is 11.5 Å². The summed E-state index contributed by atoms with van der Waals surface area (Å²) in [5.74, 6) is 5.91. The minimum atomic E-state index is -0.275. The fraction of sp³-hybridized carbons (Fsp3) is 0.583. The number of pyridine rings is 1. The Labute approximate surface area is 95.2 Å². The maximum absolute atomic E-state index is 13.5. The summed E-state index contributed by atoms with van der Waals surface area (Å²) in [7, 11) is 0. The quantitative estimate of drug-likeness (QED) is 0.608. The van der Waals surface area contributed by atoms with Gasteiger partial charge in [-0.15, -0.1) is 0 Å². The molecule has 0 amide bonds. The van der Waals surface area contributed by atoms with Gasteiger partial charge in [-0.3, -0.25) is 16.3 Å². The number of rotatable bonds is 4. The minimum absolute atomic E-state index is 0.0916. The second-order valence-corrected chi connectivity index (χ2v) is 4.50. The molecule has 1 atom stereocenters. The van der Waals surface area contributed by atoms with Crippen LogP contribution in [0.3, 0.4) is 0 Å². The number of hydrogen-bond acceptors (Lipinski definition) is 3. The molecule has 1 saturated carbocycles. The van der Waals surface area contributed by atoms with Crippen molar-refractivity contribution in [1.82, 2.24) is 10.4 Å². The van der Waals surface area contributed by atoms with Crippen LogP contribution in [0.25, 0.3) is 0 Å². The van der Waals surface area contributed by atoms with E-state index in [1.54, 1.807) is 12.3 Å². The molecule has 0 bridgehead atoms. The van der Waals surface area contributed by atoms with E-state index in [4.69, 9.17) is 5.84 Å². The average molecular weight is 223 g/mol. The monoisotopic (exact) mass is 223 g/mol. The van der Waals surface area contributed by atoms with Gasteiger partial charge in [0.05, 0.1) is 6.20 Å². The second kappa shape index (κ2) is 5.37. The Morgan fingerprint density at radius 2 is 2.25 bits per heavy atom. The first-order valence-corrected chi connectivity index (χ1v) is 5.87. The van der Waals surface area contributed by atoms with E-state index < -0.39 is 0 Å². The van der Waals surface area contributed by atoms with Gasteiger partial charge in [0.15, 0.2) is 0 Å². The Hall–Kier alpha value is -1.00. The molecule has 0 spiro atoms. The maximum Gasteiger partial charge on any atom is 0.146 e. The number of aromatic nitrogens is 1. The highest BCUT2D eigenvalue weighted by atomic mass is 19.1. The number of hydrogen-bond donors (Lipinski definition) is 2. The summed E-state index contributed by atoms with van der Waals surface area (Å²) in [5.41, 5.74) is 3.35. The molecule has 1 aromatic rings. The van der Waals surface area contributed by atoms with E-state index >= 15 is 0 Å². The zero-order valence-electron chi connectivity index (χ0n) is 9.32. The van der Waals surface area contributed by atoms with Gasteiger partial charge in [-0.05, 0) is 18.4 Å². The molecule has 4 heteroatoms. The third-order valence-electron chi connectivity index (χ3n) is 3.42. The number of nitrogens with one attached hydrogen (secondary N) is 1. The van der Waals surface area contributed by atoms with Crippen LogP contribution in [0.15, 0.2) is 18.5 Å². The molecule has 16 heavy (non-hydrogen) atoms. The van der Waals surface area contributed by atoms with Crippen LogP contribution >= 0.6 is 0 Å². The summed E-state index contributed by atoms with van der Waals surface area (Å²) >= 11 is 0. The average Bonchev–Trinajstić information content (AvgIpc) is 2.80. The minimum Gasteiger partial charge on any atom is -0.271 e. The van der Waals surface area contributed by atoms with Crippen LogP contribution in [0, 0.1) is 11.7 Å². The molecule has 88 valence electrons. The van der Waals surface area contributed by atoms with Crippen molar-refractivity contribution in [2.45, 2.75) is 38.1 Å². The molecule has 1 heterocycles. The van der Waals surface area contributed by atoms with E-state index in [0.717, 1.165) is 6.42 Å². The van der Waals surface area contributed by atoms with E-state index in [1.165, 1.54) is 31.9 Å². The lowest BCUT2D eigenvalue weighted by Gasteiger charge is -2.20. The van der Waals surface area contributed by atoms with Crippen LogP contribution < -0.4 is 11.3 Å². The molecule has 3 nitrogen and oxygen atoms in total. The summed E-state index contributed by atoms with van der Waals surface area (Å²) in [6.45, 7) is 0. The molecule has 0 radical (unpaired) electrons. The Kier molecular flexibility index (Phi) is 3.85. The Balaban J connectivity index is 2.06. The molecule has 1 aliphatic carbocycles. The van der Waals surface area contributed by atoms with E-state index in [9.17, 15) is 4.39 Å². The van der Waals surface area contributed by atoms with Crippen LogP contribution in [-0.4, -0.2) is 4.98 Å². The third kappa shape index (κ3) is 2.57. The van der Waals surface area contributed by atoms with Crippen LogP contribution in [0.2, 0.25) is 0 Å². The van der Waals surface area contributed by atoms with Crippen LogP contribution in [-0.2, 0) is 0 Å². The van der Waals surface area contributed by atoms with Crippen LogP contribution in [0.1, 0.15) is 43.7 Å². The molecule has 0 aliphatic heterocycles. The van der Waals surface area contributed by atoms with Gasteiger partial charge < -0.3 is 0 Å². The Morgan fingerprint density at radius 1 is 1.50 bits per heavy atom. The van der Waals surface area contributed by atoms with Crippen LogP contribution in [0.5, 0.6) is 0 Å². The normalized spacial score (nSPS) is 18.9. The highest BCUT2D eigenvalue weighted by Gasteiger charge is 2.22. The lowest BCUT2D eigenvalue weighted by Crippen LogP contribution is -2.30. The molecule has 2 rings (SSSR count). The number of halogens is 1. The first-order valence-electron chi connectivity index (χ1n) is 5.87. The van der Waals surface area contributed by atoms with Gasteiger partial charge in [0.25, 0.3) is 0 Å². The lowest BCUT2D eigenvalue weighted by molar-refractivity contribution is 0.389. The standard InChI is InChI=1S/C12H18FN3/c13-11-8-15-6-5-10(11)12(16-14)7-9-3-1-2-4-9/h5-6,8-9,12,16H,1-4,7,14H2. The summed E-state index contributed by atoms with van der Waals surface area (Å²) in [5, 5.41) is 0. The van der Waals surface area contributed by atoms with Crippen molar-refractivity contribution < 1.29 is 4.39 Å². The zero-order valence-corrected chi connectivity index (χ0v) is 9.32. The zero-order chi connectivity index (χ0) is 11.4. The smallest absolute Gasteiger partial charge is 0.146 e. The molecule has 3 N–H and O–H groups in total. The molecular weight excluding hydrogens is 205 g/mol. The van der Waals surface area contributed by atoms with Gasteiger partial charge in [0.1, 0.15) is 5.82 Å². The van der Waals surface area contributed by atoms with Gasteiger partial charge in [-0.1, -0.05) is 25.7 Å². The van der Waals surface area contributed by atoms with Gasteiger partial charge >= 0.3 is 0 Å². The Bertz CT molecular complexity index is 337. The van der Waals surface area contributed by atoms with Crippen molar-refractivity contribution >= 4 is 0 Å². The van der Waals surface area contributed by atoms with Crippen molar-refractivity contribution in [3.8, 4) is 0 Å². The molecular formula is C12H18FN3. The van der Waals surface area contributed by atoms with Crippen molar-refractivity contribution in [3.05, 3.63) is 29.8 Å². The topological polar surface area (TPSA) is 50.9 Å². The molecule has 1 unspecified atom stereocenters. The summed E-state index contributed by atoms with van der Waals surface area (Å²) < 4.78 is 13.5. The van der Waals surface area contributed by atoms with E-state index in [-0.39, 0.29) is 11.9 Å². The van der Waals surface area contributed by atoms with Gasteiger partial charge in [0.2, 0.25) is 0 Å². The predicted molar refractivity (Wildman–Crippen MR) is 60.8 cm³/mol. The number of nitrogens with zero attached hydrogens (tertiary/aromatic N) is 1. The molecule has 1 aromatic heterocycles. The third-order valence-corrected chi connectivity index (χ3v) is 3.42. The lowest BCUT2D eigenvalue weighted by atomic mass is 9.94. The highest BCUT2D eigenvalue weighted by Crippen LogP contribution is 2.33. The van der Waals surface area contributed by atoms with Crippen molar-refractivity contribution in [2.24, 2.45) is 11.8 Å². The summed E-state index contributed by atoms with van der Waals surface area (Å²) in [4.78, 5) is 3.75. The first-order chi connectivity index (χ1) is 7.81. The Morgan fingerprint density at radius 3 is 2.88 bits per heavy atom. The highest BCUT2D eigenvalue weighted by molar-refractivity contribution is 5.17. The first kappa shape index (κ1) is 11.5. The second-order valence-electron chi connectivity index (χ2n) is 4.50. The van der Waals surface area contributed by atoms with Crippen molar-refractivity contribution in [1.29, 1.82) is 0 Å². The molecule has 1 fully saturated rings. The largest absolute Gasteiger partial charge is 0.271 e. The SMILES string of the molecule is NNC(CC1CCCC1)c1ccncc1F. The van der Waals surface area contributed by atoms with Gasteiger partial charge in [-0.25, -0.2) is 4.39 Å². The fourth-order valence-electron chi connectivity index (χ4n) is 2.53. The summed E-state index contributed by atoms with van der Waals surface area (Å²) in [6, 6.07) is 1.61. The molecule has 0 saturated heterocycles. The van der Waals surface area contributed by atoms with Gasteiger partial charge in [0, 0.05) is 17.8 Å².